The van der Waals surface area contributed by atoms with E-state index in [-0.39, 0.29) is 29.0 Å². The number of hydrogen-bond donors (Lipinski definition) is 1. The van der Waals surface area contributed by atoms with Gasteiger partial charge in [-0.15, -0.1) is 10.2 Å². The first-order valence-corrected chi connectivity index (χ1v) is 13.8. The number of carbonyl (C=O) groups excluding carboxylic acids is 2. The summed E-state index contributed by atoms with van der Waals surface area (Å²) in [5, 5.41) is 12.8. The van der Waals surface area contributed by atoms with Crippen LogP contribution < -0.4 is 10.9 Å². The van der Waals surface area contributed by atoms with Gasteiger partial charge in [-0.1, -0.05) is 55.3 Å². The standard InChI is InChI=1S/C28H31N5O3S/c1-4-13-32-26(36)22-12-10-19(25(35)29-20-7-5-6-8-20)15-23(22)33-27(32)30-31-28(33)37-16-24(34)21-11-9-17(2)14-18(21)3/h9-12,14-15,20H,4-8,13,16H2,1-3H3,(H,29,35). The van der Waals surface area contributed by atoms with Crippen LogP contribution in [0, 0.1) is 13.8 Å². The molecule has 9 heteroatoms. The molecule has 1 N–H and O–H groups in total. The molecule has 1 aliphatic rings. The maximum absolute atomic E-state index is 13.3. The van der Waals surface area contributed by atoms with Crippen molar-refractivity contribution in [1.82, 2.24) is 24.5 Å². The summed E-state index contributed by atoms with van der Waals surface area (Å²) in [5.74, 6) is 0.448. The molecule has 37 heavy (non-hydrogen) atoms. The first kappa shape index (κ1) is 25.2. The first-order chi connectivity index (χ1) is 17.9. The van der Waals surface area contributed by atoms with Crippen molar-refractivity contribution in [3.8, 4) is 0 Å². The number of ketones is 1. The summed E-state index contributed by atoms with van der Waals surface area (Å²) >= 11 is 1.28. The van der Waals surface area contributed by atoms with Gasteiger partial charge in [0.05, 0.1) is 16.7 Å². The van der Waals surface area contributed by atoms with Gasteiger partial charge in [0.1, 0.15) is 0 Å². The van der Waals surface area contributed by atoms with E-state index in [1.165, 1.54) is 11.8 Å². The number of aromatic nitrogens is 4. The predicted molar refractivity (Wildman–Crippen MR) is 146 cm³/mol. The van der Waals surface area contributed by atoms with Gasteiger partial charge in [-0.25, -0.2) is 0 Å². The highest BCUT2D eigenvalue weighted by molar-refractivity contribution is 7.99. The minimum Gasteiger partial charge on any atom is -0.349 e. The Morgan fingerprint density at radius 1 is 1.08 bits per heavy atom. The zero-order chi connectivity index (χ0) is 26.1. The molecule has 5 rings (SSSR count). The highest BCUT2D eigenvalue weighted by Crippen LogP contribution is 2.25. The highest BCUT2D eigenvalue weighted by Gasteiger charge is 2.21. The topological polar surface area (TPSA) is 98.4 Å². The van der Waals surface area contributed by atoms with Crippen molar-refractivity contribution in [2.45, 2.75) is 70.6 Å². The van der Waals surface area contributed by atoms with Crippen LogP contribution in [0.1, 0.15) is 70.9 Å². The molecule has 2 aromatic heterocycles. The molecule has 4 aromatic rings. The molecule has 0 aliphatic heterocycles. The number of aryl methyl sites for hydroxylation is 3. The van der Waals surface area contributed by atoms with Crippen molar-refractivity contribution in [3.05, 3.63) is 69.0 Å². The third-order valence-corrected chi connectivity index (χ3v) is 7.92. The van der Waals surface area contributed by atoms with Gasteiger partial charge in [0.2, 0.25) is 5.78 Å². The van der Waals surface area contributed by atoms with Crippen LogP contribution in [-0.2, 0) is 6.54 Å². The highest BCUT2D eigenvalue weighted by atomic mass is 32.2. The number of benzene rings is 2. The second-order valence-corrected chi connectivity index (χ2v) is 10.7. The predicted octanol–water partition coefficient (Wildman–Crippen LogP) is 4.72. The molecule has 1 fully saturated rings. The molecule has 8 nitrogen and oxygen atoms in total. The van der Waals surface area contributed by atoms with Crippen LogP contribution in [0.2, 0.25) is 0 Å². The van der Waals surface area contributed by atoms with Crippen LogP contribution in [0.5, 0.6) is 0 Å². The molecule has 0 radical (unpaired) electrons. The molecule has 1 saturated carbocycles. The third kappa shape index (κ3) is 4.92. The summed E-state index contributed by atoms with van der Waals surface area (Å²) in [6.07, 6.45) is 4.99. The molecule has 192 valence electrons. The minimum atomic E-state index is -0.164. The second kappa shape index (κ2) is 10.5. The molecule has 0 atom stereocenters. The number of Topliss-reactive ketones (excluding diaryl/α,β-unsaturated/α-hetero) is 1. The lowest BCUT2D eigenvalue weighted by atomic mass is 10.0. The zero-order valence-corrected chi connectivity index (χ0v) is 22.2. The summed E-state index contributed by atoms with van der Waals surface area (Å²) < 4.78 is 3.42. The average molecular weight is 518 g/mol. The van der Waals surface area contributed by atoms with Gasteiger partial charge in [0.15, 0.2) is 10.9 Å². The third-order valence-electron chi connectivity index (χ3n) is 6.99. The van der Waals surface area contributed by atoms with Crippen molar-refractivity contribution in [2.75, 3.05) is 5.75 Å². The van der Waals surface area contributed by atoms with E-state index < -0.39 is 0 Å². The Morgan fingerprint density at radius 2 is 1.86 bits per heavy atom. The monoisotopic (exact) mass is 517 g/mol. The molecule has 0 saturated heterocycles. The van der Waals surface area contributed by atoms with Crippen LogP contribution in [0.25, 0.3) is 16.7 Å². The lowest BCUT2D eigenvalue weighted by molar-refractivity contribution is 0.0937. The number of rotatable bonds is 8. The van der Waals surface area contributed by atoms with Crippen molar-refractivity contribution in [3.63, 3.8) is 0 Å². The molecular formula is C28H31N5O3S. The Balaban J connectivity index is 1.54. The van der Waals surface area contributed by atoms with E-state index in [2.05, 4.69) is 15.5 Å². The lowest BCUT2D eigenvalue weighted by Gasteiger charge is -2.14. The molecule has 0 spiro atoms. The molecule has 0 bridgehead atoms. The zero-order valence-electron chi connectivity index (χ0n) is 21.4. The van der Waals surface area contributed by atoms with Crippen LogP contribution in [-0.4, -0.2) is 42.7 Å². The number of fused-ring (bicyclic) bond motifs is 3. The molecule has 1 aliphatic carbocycles. The van der Waals surface area contributed by atoms with Crippen molar-refractivity contribution >= 4 is 40.1 Å². The van der Waals surface area contributed by atoms with E-state index in [0.29, 0.717) is 39.5 Å². The summed E-state index contributed by atoms with van der Waals surface area (Å²) in [4.78, 5) is 39.4. The molecule has 2 heterocycles. The largest absolute Gasteiger partial charge is 0.349 e. The van der Waals surface area contributed by atoms with E-state index >= 15 is 0 Å². The van der Waals surface area contributed by atoms with E-state index in [1.807, 2.05) is 39.0 Å². The molecule has 1 amide bonds. The quantitative estimate of drug-likeness (QED) is 0.268. The first-order valence-electron chi connectivity index (χ1n) is 12.8. The van der Waals surface area contributed by atoms with Gasteiger partial charge < -0.3 is 5.32 Å². The van der Waals surface area contributed by atoms with Gasteiger partial charge in [-0.2, -0.15) is 0 Å². The number of amides is 1. The minimum absolute atomic E-state index is 0.00191. The number of nitrogens with zero attached hydrogens (tertiary/aromatic N) is 4. The van der Waals surface area contributed by atoms with Crippen molar-refractivity contribution < 1.29 is 9.59 Å². The van der Waals surface area contributed by atoms with E-state index in [0.717, 1.165) is 43.2 Å². The van der Waals surface area contributed by atoms with Gasteiger partial charge >= 0.3 is 0 Å². The fourth-order valence-corrected chi connectivity index (χ4v) is 5.94. The van der Waals surface area contributed by atoms with E-state index in [4.69, 9.17) is 0 Å². The van der Waals surface area contributed by atoms with Crippen molar-refractivity contribution in [1.29, 1.82) is 0 Å². The Labute approximate surface area is 219 Å². The maximum Gasteiger partial charge on any atom is 0.262 e. The van der Waals surface area contributed by atoms with Crippen LogP contribution >= 0.6 is 11.8 Å². The number of thioether (sulfide) groups is 1. The van der Waals surface area contributed by atoms with Crippen LogP contribution in [0.3, 0.4) is 0 Å². The average Bonchev–Trinajstić information content (AvgIpc) is 3.55. The Morgan fingerprint density at radius 3 is 2.59 bits per heavy atom. The van der Waals surface area contributed by atoms with Crippen molar-refractivity contribution in [2.24, 2.45) is 0 Å². The maximum atomic E-state index is 13.3. The van der Waals surface area contributed by atoms with Crippen LogP contribution in [0.4, 0.5) is 0 Å². The SMILES string of the molecule is CCCn1c(=O)c2ccc(C(=O)NC3CCCC3)cc2n2c(SCC(=O)c3ccc(C)cc3C)nnc12. The van der Waals surface area contributed by atoms with E-state index in [9.17, 15) is 14.4 Å². The molecule has 0 unspecified atom stereocenters. The summed E-state index contributed by atoms with van der Waals surface area (Å²) in [6, 6.07) is 11.1. The van der Waals surface area contributed by atoms with Crippen LogP contribution in [0.15, 0.2) is 46.3 Å². The Kier molecular flexibility index (Phi) is 7.15. The summed E-state index contributed by atoms with van der Waals surface area (Å²) in [6.45, 7) is 6.43. The summed E-state index contributed by atoms with van der Waals surface area (Å²) in [5.41, 5.74) is 3.63. The second-order valence-electron chi connectivity index (χ2n) is 9.79. The smallest absolute Gasteiger partial charge is 0.262 e. The molecular weight excluding hydrogens is 486 g/mol. The fraction of sp³-hybridized carbons (Fsp3) is 0.393. The number of nitrogens with one attached hydrogen (secondary N) is 1. The Hall–Kier alpha value is -3.46. The summed E-state index contributed by atoms with van der Waals surface area (Å²) in [7, 11) is 0. The normalized spacial score (nSPS) is 14.0. The van der Waals surface area contributed by atoms with Gasteiger partial charge in [0.25, 0.3) is 11.5 Å². The van der Waals surface area contributed by atoms with E-state index in [1.54, 1.807) is 27.2 Å². The number of carbonyl (C=O) groups is 2. The van der Waals surface area contributed by atoms with Gasteiger partial charge in [-0.05, 0) is 56.9 Å². The van der Waals surface area contributed by atoms with Gasteiger partial charge in [0, 0.05) is 23.7 Å². The molecule has 2 aromatic carbocycles. The lowest BCUT2D eigenvalue weighted by Crippen LogP contribution is -2.32. The number of hydrogen-bond acceptors (Lipinski definition) is 6. The Bertz CT molecular complexity index is 1570. The van der Waals surface area contributed by atoms with Gasteiger partial charge in [-0.3, -0.25) is 23.4 Å². The fourth-order valence-electron chi connectivity index (χ4n) is 5.11.